The van der Waals surface area contributed by atoms with Crippen molar-refractivity contribution in [2.75, 3.05) is 0 Å². The van der Waals surface area contributed by atoms with Crippen LogP contribution in [-0.4, -0.2) is 26.1 Å². The first-order valence-electron chi connectivity index (χ1n) is 7.47. The summed E-state index contributed by atoms with van der Waals surface area (Å²) in [5.41, 5.74) is 0.890. The topological polar surface area (TPSA) is 96.7 Å². The highest BCUT2D eigenvalue weighted by molar-refractivity contribution is 6.30. The van der Waals surface area contributed by atoms with E-state index in [-0.39, 0.29) is 18.4 Å². The molecular formula is C16H16ClN5O2. The Labute approximate surface area is 143 Å². The monoisotopic (exact) mass is 345 g/mol. The Morgan fingerprint density at radius 1 is 1.33 bits per heavy atom. The number of oxazole rings is 1. The quantitative estimate of drug-likeness (QED) is 0.716. The van der Waals surface area contributed by atoms with Crippen molar-refractivity contribution in [3.05, 3.63) is 53.5 Å². The largest absolute Gasteiger partial charge is 0.441 e. The molecule has 1 atom stereocenters. The van der Waals surface area contributed by atoms with Gasteiger partial charge in [-0.2, -0.15) is 5.10 Å². The Morgan fingerprint density at radius 2 is 2.12 bits per heavy atom. The van der Waals surface area contributed by atoms with Gasteiger partial charge in [-0.3, -0.25) is 9.89 Å². The Morgan fingerprint density at radius 3 is 2.83 bits per heavy atom. The van der Waals surface area contributed by atoms with Crippen LogP contribution in [0.3, 0.4) is 0 Å². The molecule has 3 aromatic rings. The highest BCUT2D eigenvalue weighted by atomic mass is 35.5. The van der Waals surface area contributed by atoms with E-state index in [1.165, 1.54) is 6.33 Å². The second-order valence-corrected chi connectivity index (χ2v) is 5.72. The smallest absolute Gasteiger partial charge is 0.221 e. The molecule has 0 radical (unpaired) electrons. The summed E-state index contributed by atoms with van der Waals surface area (Å²) >= 11 is 5.87. The molecule has 3 rings (SSSR count). The number of hydrogen-bond donors (Lipinski definition) is 2. The Bertz CT molecular complexity index is 798. The number of benzene rings is 1. The molecule has 2 aromatic heterocycles. The number of aryl methyl sites for hydroxylation is 1. The lowest BCUT2D eigenvalue weighted by molar-refractivity contribution is -0.121. The normalized spacial score (nSPS) is 12.1. The molecule has 2 heterocycles. The molecule has 1 aromatic carbocycles. The van der Waals surface area contributed by atoms with Gasteiger partial charge in [0.2, 0.25) is 5.91 Å². The fourth-order valence-corrected chi connectivity index (χ4v) is 2.33. The third-order valence-corrected chi connectivity index (χ3v) is 3.72. The van der Waals surface area contributed by atoms with Crippen molar-refractivity contribution in [1.82, 2.24) is 25.5 Å². The number of carbonyl (C=O) groups is 1. The van der Waals surface area contributed by atoms with E-state index in [2.05, 4.69) is 25.5 Å². The van der Waals surface area contributed by atoms with E-state index >= 15 is 0 Å². The molecule has 8 heteroatoms. The first kappa shape index (κ1) is 16.2. The van der Waals surface area contributed by atoms with Gasteiger partial charge >= 0.3 is 0 Å². The zero-order chi connectivity index (χ0) is 16.9. The van der Waals surface area contributed by atoms with Crippen molar-refractivity contribution in [1.29, 1.82) is 0 Å². The number of rotatable bonds is 6. The van der Waals surface area contributed by atoms with E-state index in [1.54, 1.807) is 18.3 Å². The molecule has 0 aliphatic heterocycles. The molecule has 0 spiro atoms. The lowest BCUT2D eigenvalue weighted by Gasteiger charge is -2.10. The van der Waals surface area contributed by atoms with E-state index in [0.717, 1.165) is 5.56 Å². The van der Waals surface area contributed by atoms with Gasteiger partial charge < -0.3 is 9.73 Å². The maximum atomic E-state index is 12.0. The minimum atomic E-state index is -0.228. The average Bonchev–Trinajstić information content (AvgIpc) is 3.25. The van der Waals surface area contributed by atoms with Crippen molar-refractivity contribution in [3.8, 4) is 11.3 Å². The molecule has 0 aliphatic carbocycles. The summed E-state index contributed by atoms with van der Waals surface area (Å²) in [6, 6.07) is 7.07. The van der Waals surface area contributed by atoms with Gasteiger partial charge in [0.1, 0.15) is 12.2 Å². The number of nitrogens with one attached hydrogen (secondary N) is 2. The average molecular weight is 346 g/mol. The van der Waals surface area contributed by atoms with E-state index in [4.69, 9.17) is 16.0 Å². The molecule has 0 fully saturated rings. The molecule has 2 N–H and O–H groups in total. The highest BCUT2D eigenvalue weighted by Gasteiger charge is 2.13. The van der Waals surface area contributed by atoms with E-state index in [1.807, 2.05) is 19.1 Å². The second kappa shape index (κ2) is 7.27. The number of aromatic amines is 1. The molecule has 7 nitrogen and oxygen atoms in total. The number of hydrogen-bond acceptors (Lipinski definition) is 5. The number of aromatic nitrogens is 4. The minimum absolute atomic E-state index is 0.106. The Balaban J connectivity index is 1.53. The fourth-order valence-electron chi connectivity index (χ4n) is 2.20. The molecule has 0 saturated heterocycles. The van der Waals surface area contributed by atoms with Gasteiger partial charge in [-0.25, -0.2) is 9.97 Å². The van der Waals surface area contributed by atoms with E-state index in [9.17, 15) is 4.79 Å². The molecular weight excluding hydrogens is 330 g/mol. The van der Waals surface area contributed by atoms with Crippen LogP contribution in [-0.2, 0) is 11.2 Å². The summed E-state index contributed by atoms with van der Waals surface area (Å²) in [4.78, 5) is 20.2. The van der Waals surface area contributed by atoms with Crippen LogP contribution in [0.2, 0.25) is 5.02 Å². The zero-order valence-corrected chi connectivity index (χ0v) is 13.7. The molecule has 0 saturated carbocycles. The van der Waals surface area contributed by atoms with Crippen LogP contribution in [0.1, 0.15) is 31.1 Å². The highest BCUT2D eigenvalue weighted by Crippen LogP contribution is 2.22. The molecule has 124 valence electrons. The Hall–Kier alpha value is -2.67. The Kier molecular flexibility index (Phi) is 4.90. The predicted molar refractivity (Wildman–Crippen MR) is 88.2 cm³/mol. The van der Waals surface area contributed by atoms with Gasteiger partial charge in [-0.1, -0.05) is 11.6 Å². The molecule has 24 heavy (non-hydrogen) atoms. The standard InChI is InChI=1S/C16H16ClN5O2/c1-10(16-19-9-20-22-16)21-14(23)6-7-15-18-8-13(24-15)11-2-4-12(17)5-3-11/h2-5,8-10H,6-7H2,1H3,(H,21,23)(H,19,20,22)/t10-/m0/s1. The van der Waals surface area contributed by atoms with Gasteiger partial charge in [0, 0.05) is 23.4 Å². The maximum Gasteiger partial charge on any atom is 0.221 e. The van der Waals surface area contributed by atoms with Gasteiger partial charge in [0.25, 0.3) is 0 Å². The SMILES string of the molecule is C[C@H](NC(=O)CCc1ncc(-c2ccc(Cl)cc2)o1)c1ncn[nH]1. The van der Waals surface area contributed by atoms with Crippen LogP contribution in [0.5, 0.6) is 0 Å². The van der Waals surface area contributed by atoms with Crippen LogP contribution in [0, 0.1) is 0 Å². The lowest BCUT2D eigenvalue weighted by Crippen LogP contribution is -2.27. The number of amides is 1. The summed E-state index contributed by atoms with van der Waals surface area (Å²) in [6.45, 7) is 1.84. The third-order valence-electron chi connectivity index (χ3n) is 3.47. The van der Waals surface area contributed by atoms with Crippen LogP contribution in [0.15, 0.2) is 41.2 Å². The third kappa shape index (κ3) is 3.99. The molecule has 0 bridgehead atoms. The number of nitrogens with zero attached hydrogens (tertiary/aromatic N) is 3. The molecule has 1 amide bonds. The van der Waals surface area contributed by atoms with Crippen molar-refractivity contribution in [2.24, 2.45) is 0 Å². The summed E-state index contributed by atoms with van der Waals surface area (Å²) < 4.78 is 5.67. The summed E-state index contributed by atoms with van der Waals surface area (Å²) in [5.74, 6) is 1.68. The number of H-pyrrole nitrogens is 1. The summed E-state index contributed by atoms with van der Waals surface area (Å²) in [5, 5.41) is 9.99. The van der Waals surface area contributed by atoms with E-state index in [0.29, 0.717) is 28.9 Å². The van der Waals surface area contributed by atoms with Crippen LogP contribution in [0.25, 0.3) is 11.3 Å². The minimum Gasteiger partial charge on any atom is -0.441 e. The van der Waals surface area contributed by atoms with Crippen molar-refractivity contribution >= 4 is 17.5 Å². The molecule has 0 aliphatic rings. The van der Waals surface area contributed by atoms with Gasteiger partial charge in [-0.05, 0) is 31.2 Å². The summed E-state index contributed by atoms with van der Waals surface area (Å²) in [6.07, 6.45) is 3.75. The first-order chi connectivity index (χ1) is 11.6. The summed E-state index contributed by atoms with van der Waals surface area (Å²) in [7, 11) is 0. The van der Waals surface area contributed by atoms with Crippen LogP contribution < -0.4 is 5.32 Å². The number of carbonyl (C=O) groups excluding carboxylic acids is 1. The van der Waals surface area contributed by atoms with Crippen LogP contribution >= 0.6 is 11.6 Å². The second-order valence-electron chi connectivity index (χ2n) is 5.29. The van der Waals surface area contributed by atoms with Gasteiger partial charge in [0.15, 0.2) is 11.7 Å². The number of halogens is 1. The first-order valence-corrected chi connectivity index (χ1v) is 7.85. The van der Waals surface area contributed by atoms with Gasteiger partial charge in [-0.15, -0.1) is 0 Å². The maximum absolute atomic E-state index is 12.0. The zero-order valence-electron chi connectivity index (χ0n) is 13.0. The molecule has 0 unspecified atom stereocenters. The van der Waals surface area contributed by atoms with E-state index < -0.39 is 0 Å². The van der Waals surface area contributed by atoms with Gasteiger partial charge in [0.05, 0.1) is 12.2 Å². The van der Waals surface area contributed by atoms with Crippen LogP contribution in [0.4, 0.5) is 0 Å². The van der Waals surface area contributed by atoms with Crippen molar-refractivity contribution < 1.29 is 9.21 Å². The van der Waals surface area contributed by atoms with Crippen molar-refractivity contribution in [3.63, 3.8) is 0 Å². The fraction of sp³-hybridized carbons (Fsp3) is 0.250. The van der Waals surface area contributed by atoms with Crippen molar-refractivity contribution in [2.45, 2.75) is 25.8 Å². The lowest BCUT2D eigenvalue weighted by atomic mass is 10.2. The predicted octanol–water partition coefficient (Wildman–Crippen LogP) is 2.92.